The number of amides is 2. The van der Waals surface area contributed by atoms with Crippen molar-refractivity contribution >= 4 is 11.8 Å². The molecule has 3 aliphatic rings. The Balaban J connectivity index is 1.37. The van der Waals surface area contributed by atoms with Crippen LogP contribution in [-0.2, 0) is 4.79 Å². The topological polar surface area (TPSA) is 111 Å². The number of aromatic nitrogens is 1. The van der Waals surface area contributed by atoms with Crippen LogP contribution in [0.2, 0.25) is 0 Å². The summed E-state index contributed by atoms with van der Waals surface area (Å²) in [5.74, 6) is 0.859. The van der Waals surface area contributed by atoms with Crippen molar-refractivity contribution in [3.05, 3.63) is 29.7 Å². The van der Waals surface area contributed by atoms with E-state index in [1.165, 1.54) is 18.2 Å². The molecular formula is C26H32F2N4O5. The highest BCUT2D eigenvalue weighted by molar-refractivity contribution is 5.94. The zero-order valence-electron chi connectivity index (χ0n) is 20.8. The Morgan fingerprint density at radius 2 is 1.84 bits per heavy atom. The van der Waals surface area contributed by atoms with Crippen LogP contribution in [-0.4, -0.2) is 66.0 Å². The second-order valence-corrected chi connectivity index (χ2v) is 10.1. The molecule has 5 rings (SSSR count). The van der Waals surface area contributed by atoms with Gasteiger partial charge in [-0.2, -0.15) is 8.78 Å². The third-order valence-corrected chi connectivity index (χ3v) is 6.87. The first kappa shape index (κ1) is 25.4. The lowest BCUT2D eigenvalue weighted by Gasteiger charge is -2.22. The standard InChI is InChI=1S/C26H32F2N4O5/c1-15(29)22-21(25(34)32-10-2-9-31(11-12-32)24(33)17-5-6-17)30-23(37-22)18-7-8-19(36-26(27)28)20(13-18)35-14-16-3-4-16/h7-8,13,15-17,26H,2-6,9-12,14,29H2,1H3/t15-/m0/s1. The summed E-state index contributed by atoms with van der Waals surface area (Å²) in [4.78, 5) is 34.0. The predicted molar refractivity (Wildman–Crippen MR) is 129 cm³/mol. The Morgan fingerprint density at radius 1 is 1.11 bits per heavy atom. The van der Waals surface area contributed by atoms with Crippen LogP contribution in [0.5, 0.6) is 11.5 Å². The molecule has 1 saturated heterocycles. The summed E-state index contributed by atoms with van der Waals surface area (Å²) in [5.41, 5.74) is 6.68. The molecule has 1 aromatic heterocycles. The number of benzene rings is 1. The van der Waals surface area contributed by atoms with Crippen LogP contribution >= 0.6 is 0 Å². The lowest BCUT2D eigenvalue weighted by molar-refractivity contribution is -0.132. The number of hydrogen-bond acceptors (Lipinski definition) is 7. The fourth-order valence-corrected chi connectivity index (χ4v) is 4.44. The minimum atomic E-state index is -2.99. The SMILES string of the molecule is C[C@H](N)c1oc(-c2ccc(OC(F)F)c(OCC3CC3)c2)nc1C(=O)N1CCCN(C(=O)C2CC2)CC1. The molecular weight excluding hydrogens is 486 g/mol. The lowest BCUT2D eigenvalue weighted by atomic mass is 10.2. The van der Waals surface area contributed by atoms with Crippen molar-refractivity contribution in [2.24, 2.45) is 17.6 Å². The molecule has 9 nitrogen and oxygen atoms in total. The maximum atomic E-state index is 13.5. The molecule has 1 atom stereocenters. The van der Waals surface area contributed by atoms with E-state index in [1.807, 2.05) is 4.90 Å². The third kappa shape index (κ3) is 6.03. The molecule has 0 spiro atoms. The molecule has 3 fully saturated rings. The highest BCUT2D eigenvalue weighted by atomic mass is 19.3. The molecule has 2 aromatic rings. The van der Waals surface area contributed by atoms with Gasteiger partial charge in [0.05, 0.1) is 12.6 Å². The Bertz CT molecular complexity index is 1150. The van der Waals surface area contributed by atoms with Gasteiger partial charge >= 0.3 is 6.61 Å². The van der Waals surface area contributed by atoms with E-state index in [1.54, 1.807) is 11.8 Å². The predicted octanol–water partition coefficient (Wildman–Crippen LogP) is 3.84. The second-order valence-electron chi connectivity index (χ2n) is 10.1. The normalized spacial score (nSPS) is 19.1. The molecule has 1 aliphatic heterocycles. The molecule has 2 saturated carbocycles. The van der Waals surface area contributed by atoms with Crippen LogP contribution in [0.4, 0.5) is 8.78 Å². The van der Waals surface area contributed by atoms with Gasteiger partial charge in [0.25, 0.3) is 5.91 Å². The first-order valence-corrected chi connectivity index (χ1v) is 12.9. The highest BCUT2D eigenvalue weighted by Crippen LogP contribution is 2.37. The smallest absolute Gasteiger partial charge is 0.387 e. The quantitative estimate of drug-likeness (QED) is 0.537. The minimum absolute atomic E-state index is 0.0791. The van der Waals surface area contributed by atoms with Gasteiger partial charge in [-0.05, 0) is 63.1 Å². The van der Waals surface area contributed by atoms with Crippen LogP contribution in [0.1, 0.15) is 61.3 Å². The van der Waals surface area contributed by atoms with Crippen molar-refractivity contribution in [1.82, 2.24) is 14.8 Å². The van der Waals surface area contributed by atoms with E-state index in [0.29, 0.717) is 50.7 Å². The maximum Gasteiger partial charge on any atom is 0.387 e. The monoisotopic (exact) mass is 518 g/mol. The third-order valence-electron chi connectivity index (χ3n) is 6.87. The van der Waals surface area contributed by atoms with Crippen LogP contribution in [0.25, 0.3) is 11.5 Å². The van der Waals surface area contributed by atoms with Crippen LogP contribution in [0.15, 0.2) is 22.6 Å². The second kappa shape index (κ2) is 10.6. The largest absolute Gasteiger partial charge is 0.489 e. The number of ether oxygens (including phenoxy) is 2. The molecule has 2 heterocycles. The van der Waals surface area contributed by atoms with E-state index >= 15 is 0 Å². The summed E-state index contributed by atoms with van der Waals surface area (Å²) in [5, 5.41) is 0. The number of carbonyl (C=O) groups excluding carboxylic acids is 2. The molecule has 1 aromatic carbocycles. The van der Waals surface area contributed by atoms with E-state index < -0.39 is 12.7 Å². The van der Waals surface area contributed by atoms with Gasteiger partial charge in [-0.3, -0.25) is 9.59 Å². The van der Waals surface area contributed by atoms with Crippen molar-refractivity contribution in [3.63, 3.8) is 0 Å². The zero-order chi connectivity index (χ0) is 26.1. The lowest BCUT2D eigenvalue weighted by Crippen LogP contribution is -2.38. The molecule has 0 unspecified atom stereocenters. The number of alkyl halides is 2. The van der Waals surface area contributed by atoms with Gasteiger partial charge in [0.2, 0.25) is 11.8 Å². The molecule has 37 heavy (non-hydrogen) atoms. The molecule has 200 valence electrons. The summed E-state index contributed by atoms with van der Waals surface area (Å²) in [6.45, 7) is 1.10. The first-order valence-electron chi connectivity index (χ1n) is 12.9. The average Bonchev–Trinajstić information content (AvgIpc) is 3.78. The Labute approximate surface area is 213 Å². The fourth-order valence-electron chi connectivity index (χ4n) is 4.44. The molecule has 2 amide bonds. The van der Waals surface area contributed by atoms with Crippen molar-refractivity contribution in [2.75, 3.05) is 32.8 Å². The molecule has 0 radical (unpaired) electrons. The highest BCUT2D eigenvalue weighted by Gasteiger charge is 2.35. The summed E-state index contributed by atoms with van der Waals surface area (Å²) in [6, 6.07) is 3.83. The van der Waals surface area contributed by atoms with Crippen molar-refractivity contribution in [3.8, 4) is 23.0 Å². The Kier molecular flexibility index (Phi) is 7.32. The maximum absolute atomic E-state index is 13.5. The molecule has 11 heteroatoms. The summed E-state index contributed by atoms with van der Waals surface area (Å²) in [7, 11) is 0. The zero-order valence-corrected chi connectivity index (χ0v) is 20.8. The molecule has 0 bridgehead atoms. The van der Waals surface area contributed by atoms with Crippen LogP contribution < -0.4 is 15.2 Å². The number of halogens is 2. The first-order chi connectivity index (χ1) is 17.8. The van der Waals surface area contributed by atoms with Gasteiger partial charge in [-0.15, -0.1) is 0 Å². The summed E-state index contributed by atoms with van der Waals surface area (Å²) < 4.78 is 42.1. The Morgan fingerprint density at radius 3 is 2.51 bits per heavy atom. The number of nitrogens with zero attached hydrogens (tertiary/aromatic N) is 3. The Hall–Kier alpha value is -3.21. The number of rotatable bonds is 9. The van der Waals surface area contributed by atoms with E-state index in [4.69, 9.17) is 14.9 Å². The van der Waals surface area contributed by atoms with Gasteiger partial charge in [-0.1, -0.05) is 0 Å². The van der Waals surface area contributed by atoms with E-state index in [9.17, 15) is 18.4 Å². The van der Waals surface area contributed by atoms with Crippen LogP contribution in [0.3, 0.4) is 0 Å². The van der Waals surface area contributed by atoms with Crippen molar-refractivity contribution in [1.29, 1.82) is 0 Å². The van der Waals surface area contributed by atoms with Crippen LogP contribution in [0, 0.1) is 11.8 Å². The molecule has 2 N–H and O–H groups in total. The molecule has 2 aliphatic carbocycles. The van der Waals surface area contributed by atoms with Gasteiger partial charge in [0.15, 0.2) is 23.0 Å². The van der Waals surface area contributed by atoms with Gasteiger partial charge in [0, 0.05) is 37.7 Å². The van der Waals surface area contributed by atoms with Gasteiger partial charge in [0.1, 0.15) is 0 Å². The van der Waals surface area contributed by atoms with Crippen molar-refractivity contribution < 1.29 is 32.3 Å². The average molecular weight is 519 g/mol. The van der Waals surface area contributed by atoms with Gasteiger partial charge in [-0.25, -0.2) is 4.98 Å². The summed E-state index contributed by atoms with van der Waals surface area (Å²) in [6.07, 6.45) is 4.64. The number of oxazole rings is 1. The number of nitrogens with two attached hydrogens (primary N) is 1. The minimum Gasteiger partial charge on any atom is -0.489 e. The fraction of sp³-hybridized carbons (Fsp3) is 0.577. The van der Waals surface area contributed by atoms with Crippen molar-refractivity contribution in [2.45, 2.75) is 51.7 Å². The van der Waals surface area contributed by atoms with E-state index in [-0.39, 0.29) is 46.6 Å². The van der Waals surface area contributed by atoms with Gasteiger partial charge < -0.3 is 29.4 Å². The summed E-state index contributed by atoms with van der Waals surface area (Å²) >= 11 is 0. The van der Waals surface area contributed by atoms with E-state index in [2.05, 4.69) is 9.72 Å². The van der Waals surface area contributed by atoms with E-state index in [0.717, 1.165) is 25.7 Å². The number of carbonyl (C=O) groups is 2. The number of hydrogen-bond donors (Lipinski definition) is 1.